The number of hydrogen-bond acceptors (Lipinski definition) is 4. The molecule has 1 fully saturated rings. The Balaban J connectivity index is 1.27. The Morgan fingerprint density at radius 2 is 1.72 bits per heavy atom. The van der Waals surface area contributed by atoms with Gasteiger partial charge in [-0.1, -0.05) is 43.2 Å². The van der Waals surface area contributed by atoms with Crippen molar-refractivity contribution in [3.8, 4) is 11.3 Å². The molecule has 1 N–H and O–H groups in total. The number of benzene rings is 2. The van der Waals surface area contributed by atoms with E-state index in [-0.39, 0.29) is 12.5 Å². The highest BCUT2D eigenvalue weighted by Gasteiger charge is 2.12. The van der Waals surface area contributed by atoms with Crippen molar-refractivity contribution in [3.63, 3.8) is 0 Å². The standard InChI is InChI=1S/C26H27N5O/c32-26(19-31-17-14-20-8-3-4-11-24(20)31)27-22-10-7-9-21(18-22)23-12-13-25(29-28-23)30-15-5-1-2-6-16-30/h3-4,7-14,17-18H,1-2,5-6,15-16,19H2,(H,27,32). The third kappa shape index (κ3) is 4.49. The van der Waals surface area contributed by atoms with E-state index in [0.29, 0.717) is 0 Å². The smallest absolute Gasteiger partial charge is 0.244 e. The van der Waals surface area contributed by atoms with Crippen molar-refractivity contribution in [3.05, 3.63) is 72.9 Å². The van der Waals surface area contributed by atoms with Crippen LogP contribution in [0.1, 0.15) is 25.7 Å². The number of rotatable bonds is 5. The lowest BCUT2D eigenvalue weighted by atomic mass is 10.1. The summed E-state index contributed by atoms with van der Waals surface area (Å²) in [6, 6.07) is 21.9. The lowest BCUT2D eigenvalue weighted by Crippen LogP contribution is -2.25. The van der Waals surface area contributed by atoms with Crippen molar-refractivity contribution >= 4 is 28.3 Å². The first-order chi connectivity index (χ1) is 15.8. The molecule has 0 atom stereocenters. The van der Waals surface area contributed by atoms with Gasteiger partial charge < -0.3 is 14.8 Å². The van der Waals surface area contributed by atoms with Gasteiger partial charge in [-0.15, -0.1) is 10.2 Å². The summed E-state index contributed by atoms with van der Waals surface area (Å²) in [5.41, 5.74) is 3.54. The number of anilines is 2. The fourth-order valence-electron chi connectivity index (χ4n) is 4.34. The van der Waals surface area contributed by atoms with Crippen molar-refractivity contribution in [2.75, 3.05) is 23.3 Å². The third-order valence-electron chi connectivity index (χ3n) is 6.02. The zero-order chi connectivity index (χ0) is 21.8. The molecule has 0 unspecified atom stereocenters. The number of nitrogens with zero attached hydrogens (tertiary/aromatic N) is 4. The van der Waals surface area contributed by atoms with Crippen LogP contribution >= 0.6 is 0 Å². The van der Waals surface area contributed by atoms with Gasteiger partial charge in [-0.25, -0.2) is 0 Å². The summed E-state index contributed by atoms with van der Waals surface area (Å²) < 4.78 is 1.96. The average molecular weight is 426 g/mol. The minimum absolute atomic E-state index is 0.0638. The van der Waals surface area contributed by atoms with Gasteiger partial charge in [-0.05, 0) is 54.6 Å². The molecule has 0 bridgehead atoms. The van der Waals surface area contributed by atoms with Gasteiger partial charge in [-0.3, -0.25) is 4.79 Å². The lowest BCUT2D eigenvalue weighted by molar-refractivity contribution is -0.116. The predicted molar refractivity (Wildman–Crippen MR) is 129 cm³/mol. The number of hydrogen-bond donors (Lipinski definition) is 1. The van der Waals surface area contributed by atoms with Gasteiger partial charge in [0.2, 0.25) is 5.91 Å². The molecule has 32 heavy (non-hydrogen) atoms. The highest BCUT2D eigenvalue weighted by atomic mass is 16.1. The number of fused-ring (bicyclic) bond motifs is 1. The summed E-state index contributed by atoms with van der Waals surface area (Å²) in [6.45, 7) is 2.36. The summed E-state index contributed by atoms with van der Waals surface area (Å²) in [5.74, 6) is 0.880. The first-order valence-corrected chi connectivity index (χ1v) is 11.3. The van der Waals surface area contributed by atoms with Crippen molar-refractivity contribution in [1.29, 1.82) is 0 Å². The highest BCUT2D eigenvalue weighted by molar-refractivity contribution is 5.92. The van der Waals surface area contributed by atoms with Crippen LogP contribution in [0, 0.1) is 0 Å². The Bertz CT molecular complexity index is 1210. The largest absolute Gasteiger partial charge is 0.355 e. The van der Waals surface area contributed by atoms with Crippen LogP contribution in [0.3, 0.4) is 0 Å². The molecule has 0 saturated carbocycles. The molecular weight excluding hydrogens is 398 g/mol. The van der Waals surface area contributed by atoms with Crippen LogP contribution in [-0.2, 0) is 11.3 Å². The van der Waals surface area contributed by atoms with Gasteiger partial charge in [0.25, 0.3) is 0 Å². The Morgan fingerprint density at radius 3 is 2.53 bits per heavy atom. The summed E-state index contributed by atoms with van der Waals surface area (Å²) in [7, 11) is 0. The van der Waals surface area contributed by atoms with Crippen LogP contribution in [0.5, 0.6) is 0 Å². The maximum absolute atomic E-state index is 12.7. The van der Waals surface area contributed by atoms with Crippen LogP contribution in [-0.4, -0.2) is 33.8 Å². The molecule has 1 amide bonds. The molecule has 162 valence electrons. The van der Waals surface area contributed by atoms with Crippen LogP contribution in [0.15, 0.2) is 72.9 Å². The van der Waals surface area contributed by atoms with Gasteiger partial charge in [0, 0.05) is 36.1 Å². The molecule has 6 nitrogen and oxygen atoms in total. The molecule has 2 aromatic heterocycles. The summed E-state index contributed by atoms with van der Waals surface area (Å²) in [6.07, 6.45) is 6.96. The van der Waals surface area contributed by atoms with E-state index in [4.69, 9.17) is 0 Å². The molecule has 0 spiro atoms. The van der Waals surface area contributed by atoms with Crippen molar-refractivity contribution in [2.24, 2.45) is 0 Å². The predicted octanol–water partition coefficient (Wildman–Crippen LogP) is 5.12. The van der Waals surface area contributed by atoms with Gasteiger partial charge in [0.15, 0.2) is 5.82 Å². The summed E-state index contributed by atoms with van der Waals surface area (Å²) in [5, 5.41) is 13.1. The minimum Gasteiger partial charge on any atom is -0.355 e. The lowest BCUT2D eigenvalue weighted by Gasteiger charge is -2.20. The average Bonchev–Trinajstić information content (AvgIpc) is 3.04. The molecule has 5 rings (SSSR count). The summed E-state index contributed by atoms with van der Waals surface area (Å²) >= 11 is 0. The Kier molecular flexibility index (Phi) is 5.83. The Hall–Kier alpha value is -3.67. The Morgan fingerprint density at radius 1 is 0.875 bits per heavy atom. The molecule has 1 aliphatic rings. The van der Waals surface area contributed by atoms with Crippen LogP contribution in [0.4, 0.5) is 11.5 Å². The van der Waals surface area contributed by atoms with E-state index in [0.717, 1.165) is 46.8 Å². The second-order valence-corrected chi connectivity index (χ2v) is 8.31. The maximum atomic E-state index is 12.7. The molecule has 0 aliphatic carbocycles. The zero-order valence-corrected chi connectivity index (χ0v) is 18.1. The van der Waals surface area contributed by atoms with E-state index >= 15 is 0 Å². The number of carbonyl (C=O) groups is 1. The third-order valence-corrected chi connectivity index (χ3v) is 6.02. The molecule has 1 aliphatic heterocycles. The number of carbonyl (C=O) groups excluding carboxylic acids is 1. The van der Waals surface area contributed by atoms with Gasteiger partial charge in [-0.2, -0.15) is 0 Å². The first kappa shape index (κ1) is 20.2. The maximum Gasteiger partial charge on any atom is 0.244 e. The monoisotopic (exact) mass is 425 g/mol. The van der Waals surface area contributed by atoms with Crippen molar-refractivity contribution in [1.82, 2.24) is 14.8 Å². The topological polar surface area (TPSA) is 63.1 Å². The Labute approximate surface area is 187 Å². The van der Waals surface area contributed by atoms with Crippen molar-refractivity contribution in [2.45, 2.75) is 32.2 Å². The highest BCUT2D eigenvalue weighted by Crippen LogP contribution is 2.23. The first-order valence-electron chi connectivity index (χ1n) is 11.3. The summed E-state index contributed by atoms with van der Waals surface area (Å²) in [4.78, 5) is 15.0. The van der Waals surface area contributed by atoms with Crippen LogP contribution < -0.4 is 10.2 Å². The van der Waals surface area contributed by atoms with Crippen LogP contribution in [0.2, 0.25) is 0 Å². The van der Waals surface area contributed by atoms with E-state index in [2.05, 4.69) is 26.5 Å². The number of para-hydroxylation sites is 1. The molecule has 2 aromatic carbocycles. The number of nitrogens with one attached hydrogen (secondary N) is 1. The normalized spacial score (nSPS) is 14.3. The van der Waals surface area contributed by atoms with Crippen LogP contribution in [0.25, 0.3) is 22.2 Å². The molecule has 1 saturated heterocycles. The second kappa shape index (κ2) is 9.22. The van der Waals surface area contributed by atoms with Gasteiger partial charge in [0.1, 0.15) is 6.54 Å². The van der Waals surface area contributed by atoms with E-state index in [9.17, 15) is 4.79 Å². The second-order valence-electron chi connectivity index (χ2n) is 8.31. The zero-order valence-electron chi connectivity index (χ0n) is 18.1. The fraction of sp³-hybridized carbons (Fsp3) is 0.269. The van der Waals surface area contributed by atoms with Gasteiger partial charge in [0.05, 0.1) is 5.69 Å². The number of amides is 1. The van der Waals surface area contributed by atoms with E-state index < -0.39 is 0 Å². The minimum atomic E-state index is -0.0638. The molecule has 0 radical (unpaired) electrons. The molecule has 4 aromatic rings. The SMILES string of the molecule is O=C(Cn1ccc2ccccc21)Nc1cccc(-c2ccc(N3CCCCCC3)nn2)c1. The number of aromatic nitrogens is 3. The van der Waals surface area contributed by atoms with E-state index in [1.165, 1.54) is 25.7 Å². The van der Waals surface area contributed by atoms with Crippen molar-refractivity contribution < 1.29 is 4.79 Å². The van der Waals surface area contributed by atoms with E-state index in [1.807, 2.05) is 71.4 Å². The quantitative estimate of drug-likeness (QED) is 0.482. The van der Waals surface area contributed by atoms with E-state index in [1.54, 1.807) is 0 Å². The fourth-order valence-corrected chi connectivity index (χ4v) is 4.34. The molecule has 6 heteroatoms. The molecular formula is C26H27N5O. The van der Waals surface area contributed by atoms with Gasteiger partial charge >= 0.3 is 0 Å². The molecule has 3 heterocycles.